The van der Waals surface area contributed by atoms with Crippen LogP contribution < -0.4 is 11.3 Å². The molecule has 2 heterocycles. The first-order chi connectivity index (χ1) is 8.63. The van der Waals surface area contributed by atoms with E-state index in [0.717, 1.165) is 25.1 Å². The minimum Gasteiger partial charge on any atom is -0.378 e. The van der Waals surface area contributed by atoms with Gasteiger partial charge in [-0.1, -0.05) is 0 Å². The fraction of sp³-hybridized carbons (Fsp3) is 0.769. The van der Waals surface area contributed by atoms with Crippen LogP contribution in [0, 0.1) is 13.8 Å². The molecule has 5 nitrogen and oxygen atoms in total. The van der Waals surface area contributed by atoms with Crippen molar-refractivity contribution >= 4 is 0 Å². The van der Waals surface area contributed by atoms with E-state index in [1.54, 1.807) is 0 Å². The Morgan fingerprint density at radius 2 is 2.33 bits per heavy atom. The lowest BCUT2D eigenvalue weighted by Crippen LogP contribution is -2.29. The molecule has 2 unspecified atom stereocenters. The number of nitrogens with one attached hydrogen (secondary N) is 1. The zero-order valence-corrected chi connectivity index (χ0v) is 11.6. The summed E-state index contributed by atoms with van der Waals surface area (Å²) in [4.78, 5) is 0. The number of nitrogens with zero attached hydrogens (tertiary/aromatic N) is 2. The minimum atomic E-state index is 0.169. The molecule has 1 aliphatic rings. The lowest BCUT2D eigenvalue weighted by atomic mass is 9.98. The molecular weight excluding hydrogens is 228 g/mol. The molecule has 0 amide bonds. The van der Waals surface area contributed by atoms with Gasteiger partial charge in [-0.05, 0) is 39.5 Å². The topological polar surface area (TPSA) is 65.1 Å². The van der Waals surface area contributed by atoms with Crippen molar-refractivity contribution in [2.75, 3.05) is 6.61 Å². The number of rotatable bonds is 5. The van der Waals surface area contributed by atoms with E-state index < -0.39 is 0 Å². The van der Waals surface area contributed by atoms with E-state index in [1.165, 1.54) is 24.1 Å². The number of aromatic nitrogens is 2. The summed E-state index contributed by atoms with van der Waals surface area (Å²) >= 11 is 0. The molecule has 102 valence electrons. The van der Waals surface area contributed by atoms with Gasteiger partial charge in [-0.2, -0.15) is 5.10 Å². The summed E-state index contributed by atoms with van der Waals surface area (Å²) in [6.07, 6.45) is 4.84. The van der Waals surface area contributed by atoms with Crippen LogP contribution >= 0.6 is 0 Å². The van der Waals surface area contributed by atoms with Crippen molar-refractivity contribution in [2.45, 2.75) is 51.7 Å². The second-order valence-corrected chi connectivity index (χ2v) is 5.14. The van der Waals surface area contributed by atoms with E-state index in [1.807, 2.05) is 18.7 Å². The fourth-order valence-corrected chi connectivity index (χ4v) is 2.83. The minimum absolute atomic E-state index is 0.169. The SMILES string of the molecule is Cc1nn(C)c(C)c1C(CCC1CCCO1)NN. The Labute approximate surface area is 109 Å². The molecule has 1 fully saturated rings. The van der Waals surface area contributed by atoms with E-state index in [9.17, 15) is 0 Å². The van der Waals surface area contributed by atoms with Crippen molar-refractivity contribution in [3.8, 4) is 0 Å². The lowest BCUT2D eigenvalue weighted by molar-refractivity contribution is 0.0995. The van der Waals surface area contributed by atoms with E-state index in [4.69, 9.17) is 10.6 Å². The van der Waals surface area contributed by atoms with E-state index >= 15 is 0 Å². The molecule has 5 heteroatoms. The number of aryl methyl sites for hydroxylation is 2. The van der Waals surface area contributed by atoms with Crippen LogP contribution in [0.5, 0.6) is 0 Å². The first-order valence-corrected chi connectivity index (χ1v) is 6.71. The third-order valence-corrected chi connectivity index (χ3v) is 3.92. The van der Waals surface area contributed by atoms with Gasteiger partial charge in [0.15, 0.2) is 0 Å². The number of hydrogen-bond donors (Lipinski definition) is 2. The zero-order chi connectivity index (χ0) is 13.1. The van der Waals surface area contributed by atoms with Crippen LogP contribution in [0.25, 0.3) is 0 Å². The molecule has 0 spiro atoms. The van der Waals surface area contributed by atoms with Crippen molar-refractivity contribution < 1.29 is 4.74 Å². The molecule has 1 saturated heterocycles. The lowest BCUT2D eigenvalue weighted by Gasteiger charge is -2.18. The average Bonchev–Trinajstić information content (AvgIpc) is 2.93. The number of nitrogens with two attached hydrogens (primary N) is 1. The molecule has 2 atom stereocenters. The summed E-state index contributed by atoms with van der Waals surface area (Å²) in [7, 11) is 1.97. The Kier molecular flexibility index (Phi) is 4.37. The number of ether oxygens (including phenoxy) is 1. The second kappa shape index (κ2) is 5.82. The molecule has 18 heavy (non-hydrogen) atoms. The third-order valence-electron chi connectivity index (χ3n) is 3.92. The quantitative estimate of drug-likeness (QED) is 0.615. The molecule has 0 saturated carbocycles. The third kappa shape index (κ3) is 2.74. The summed E-state index contributed by atoms with van der Waals surface area (Å²) in [5, 5.41) is 4.45. The van der Waals surface area contributed by atoms with Crippen molar-refractivity contribution in [2.24, 2.45) is 12.9 Å². The van der Waals surface area contributed by atoms with Crippen LogP contribution in [0.2, 0.25) is 0 Å². The molecule has 2 rings (SSSR count). The standard InChI is InChI=1S/C13H24N4O/c1-9-13(10(2)17(3)16-9)12(15-14)7-6-11-5-4-8-18-11/h11-12,15H,4-8,14H2,1-3H3. The van der Waals surface area contributed by atoms with Gasteiger partial charge in [0.2, 0.25) is 0 Å². The Morgan fingerprint density at radius 1 is 1.56 bits per heavy atom. The van der Waals surface area contributed by atoms with Gasteiger partial charge in [-0.3, -0.25) is 16.0 Å². The maximum atomic E-state index is 5.71. The van der Waals surface area contributed by atoms with Gasteiger partial charge in [0.25, 0.3) is 0 Å². The van der Waals surface area contributed by atoms with Crippen molar-refractivity contribution in [1.29, 1.82) is 0 Å². The maximum Gasteiger partial charge on any atom is 0.0644 e. The first-order valence-electron chi connectivity index (χ1n) is 6.71. The van der Waals surface area contributed by atoms with Crippen molar-refractivity contribution in [1.82, 2.24) is 15.2 Å². The van der Waals surface area contributed by atoms with Gasteiger partial charge in [-0.25, -0.2) is 0 Å². The van der Waals surface area contributed by atoms with Crippen LogP contribution in [0.4, 0.5) is 0 Å². The summed E-state index contributed by atoms with van der Waals surface area (Å²) in [6.45, 7) is 5.04. The highest BCUT2D eigenvalue weighted by Gasteiger charge is 2.22. The van der Waals surface area contributed by atoms with Gasteiger partial charge in [-0.15, -0.1) is 0 Å². The van der Waals surface area contributed by atoms with Crippen molar-refractivity contribution in [3.63, 3.8) is 0 Å². The van der Waals surface area contributed by atoms with Gasteiger partial charge >= 0.3 is 0 Å². The first kappa shape index (κ1) is 13.5. The number of hydrazine groups is 1. The molecule has 1 aliphatic heterocycles. The predicted molar refractivity (Wildman–Crippen MR) is 71.0 cm³/mol. The molecule has 1 aromatic heterocycles. The highest BCUT2D eigenvalue weighted by Crippen LogP contribution is 2.27. The van der Waals surface area contributed by atoms with Crippen LogP contribution in [-0.4, -0.2) is 22.5 Å². The smallest absolute Gasteiger partial charge is 0.0644 e. The average molecular weight is 252 g/mol. The van der Waals surface area contributed by atoms with Gasteiger partial charge in [0.1, 0.15) is 0 Å². The van der Waals surface area contributed by atoms with Gasteiger partial charge in [0, 0.05) is 31.0 Å². The Hall–Kier alpha value is -0.910. The largest absolute Gasteiger partial charge is 0.378 e. The Balaban J connectivity index is 2.03. The Morgan fingerprint density at radius 3 is 2.83 bits per heavy atom. The summed E-state index contributed by atoms with van der Waals surface area (Å²) in [5.74, 6) is 5.71. The van der Waals surface area contributed by atoms with Crippen LogP contribution in [0.15, 0.2) is 0 Å². The van der Waals surface area contributed by atoms with Crippen LogP contribution in [-0.2, 0) is 11.8 Å². The molecule has 3 N–H and O–H groups in total. The highest BCUT2D eigenvalue weighted by atomic mass is 16.5. The predicted octanol–water partition coefficient (Wildman–Crippen LogP) is 1.50. The molecule has 0 bridgehead atoms. The Bertz CT molecular complexity index is 396. The maximum absolute atomic E-state index is 5.71. The van der Waals surface area contributed by atoms with Gasteiger partial charge in [0.05, 0.1) is 11.8 Å². The highest BCUT2D eigenvalue weighted by molar-refractivity contribution is 5.28. The molecule has 0 radical (unpaired) electrons. The molecular formula is C13H24N4O. The van der Waals surface area contributed by atoms with E-state index in [-0.39, 0.29) is 6.04 Å². The summed E-state index contributed by atoms with van der Waals surface area (Å²) in [6, 6.07) is 0.169. The number of hydrogen-bond acceptors (Lipinski definition) is 4. The summed E-state index contributed by atoms with van der Waals surface area (Å²) in [5.41, 5.74) is 6.41. The van der Waals surface area contributed by atoms with Crippen LogP contribution in [0.3, 0.4) is 0 Å². The van der Waals surface area contributed by atoms with Crippen LogP contribution in [0.1, 0.15) is 48.7 Å². The van der Waals surface area contributed by atoms with E-state index in [0.29, 0.717) is 6.10 Å². The van der Waals surface area contributed by atoms with E-state index in [2.05, 4.69) is 17.4 Å². The van der Waals surface area contributed by atoms with Crippen molar-refractivity contribution in [3.05, 3.63) is 17.0 Å². The zero-order valence-electron chi connectivity index (χ0n) is 11.6. The fourth-order valence-electron chi connectivity index (χ4n) is 2.83. The molecule has 1 aromatic rings. The van der Waals surface area contributed by atoms with Gasteiger partial charge < -0.3 is 4.74 Å². The molecule has 0 aliphatic carbocycles. The monoisotopic (exact) mass is 252 g/mol. The summed E-state index contributed by atoms with van der Waals surface area (Å²) < 4.78 is 7.58. The second-order valence-electron chi connectivity index (χ2n) is 5.14. The normalized spacial score (nSPS) is 21.4. The molecule has 0 aromatic carbocycles.